The first-order chi connectivity index (χ1) is 8.51. The van der Waals surface area contributed by atoms with E-state index >= 15 is 0 Å². The van der Waals surface area contributed by atoms with Crippen molar-refractivity contribution in [3.63, 3.8) is 0 Å². The van der Waals surface area contributed by atoms with E-state index in [9.17, 15) is 8.42 Å². The van der Waals surface area contributed by atoms with E-state index in [1.165, 1.54) is 6.26 Å². The maximum atomic E-state index is 11.4. The number of sulfone groups is 1. The van der Waals surface area contributed by atoms with Crippen LogP contribution in [0.4, 0.5) is 0 Å². The summed E-state index contributed by atoms with van der Waals surface area (Å²) in [5.41, 5.74) is 0.918. The van der Waals surface area contributed by atoms with Gasteiger partial charge in [0, 0.05) is 30.1 Å². The molecule has 0 fully saturated rings. The van der Waals surface area contributed by atoms with E-state index in [-0.39, 0.29) is 11.8 Å². The molecule has 18 heavy (non-hydrogen) atoms. The average molecular weight is 264 g/mol. The van der Waals surface area contributed by atoms with Crippen molar-refractivity contribution < 1.29 is 8.42 Å². The molecule has 0 aliphatic heterocycles. The van der Waals surface area contributed by atoms with Crippen LogP contribution in [0.3, 0.4) is 0 Å². The van der Waals surface area contributed by atoms with Crippen molar-refractivity contribution in [1.29, 1.82) is 0 Å². The first-order valence-corrected chi connectivity index (χ1v) is 7.75. The van der Waals surface area contributed by atoms with Crippen molar-refractivity contribution in [2.75, 3.05) is 19.1 Å². The van der Waals surface area contributed by atoms with Gasteiger partial charge in [0.1, 0.15) is 9.84 Å². The van der Waals surface area contributed by atoms with Crippen LogP contribution in [0.15, 0.2) is 36.7 Å². The molecule has 5 heteroatoms. The molecule has 0 bridgehead atoms. The summed E-state index contributed by atoms with van der Waals surface area (Å²) in [5.74, 6) is 0.0686. The van der Waals surface area contributed by atoms with Crippen molar-refractivity contribution >= 4 is 20.6 Å². The van der Waals surface area contributed by atoms with Gasteiger partial charge in [0.2, 0.25) is 0 Å². The first-order valence-electron chi connectivity index (χ1n) is 5.69. The Morgan fingerprint density at radius 2 is 2.00 bits per heavy atom. The highest BCUT2D eigenvalue weighted by Crippen LogP contribution is 2.23. The number of pyridine rings is 1. The second-order valence-electron chi connectivity index (χ2n) is 4.38. The third-order valence-corrected chi connectivity index (χ3v) is 3.83. The molecule has 96 valence electrons. The molecule has 4 nitrogen and oxygen atoms in total. The maximum absolute atomic E-state index is 11.4. The Labute approximate surface area is 107 Å². The molecule has 1 N–H and O–H groups in total. The van der Waals surface area contributed by atoms with Gasteiger partial charge in [-0.3, -0.25) is 4.98 Å². The summed E-state index contributed by atoms with van der Waals surface area (Å²) in [5, 5.41) is 5.10. The molecule has 1 aromatic carbocycles. The van der Waals surface area contributed by atoms with E-state index in [0.29, 0.717) is 0 Å². The molecule has 1 aromatic heterocycles. The Bertz CT molecular complexity index is 648. The molecule has 2 aromatic rings. The average Bonchev–Trinajstić information content (AvgIpc) is 2.34. The predicted molar refractivity (Wildman–Crippen MR) is 73.3 cm³/mol. The minimum atomic E-state index is -3.04. The van der Waals surface area contributed by atoms with Crippen LogP contribution in [0.2, 0.25) is 0 Å². The number of nitrogens with one attached hydrogen (secondary N) is 1. The molecular weight excluding hydrogens is 248 g/mol. The predicted octanol–water partition coefficient (Wildman–Crippen LogP) is 1.54. The van der Waals surface area contributed by atoms with Crippen LogP contribution < -0.4 is 5.32 Å². The van der Waals surface area contributed by atoms with Crippen LogP contribution in [0, 0.1) is 0 Å². The van der Waals surface area contributed by atoms with Gasteiger partial charge in [-0.05, 0) is 18.0 Å². The van der Waals surface area contributed by atoms with Gasteiger partial charge in [0.25, 0.3) is 0 Å². The fraction of sp³-hybridized carbons (Fsp3) is 0.308. The Morgan fingerprint density at radius 3 is 2.67 bits per heavy atom. The molecule has 2 rings (SSSR count). The Morgan fingerprint density at radius 1 is 1.28 bits per heavy atom. The number of rotatable bonds is 4. The lowest BCUT2D eigenvalue weighted by atomic mass is 10.0. The van der Waals surface area contributed by atoms with Gasteiger partial charge in [-0.1, -0.05) is 24.3 Å². The highest BCUT2D eigenvalue weighted by molar-refractivity contribution is 7.90. The van der Waals surface area contributed by atoms with Gasteiger partial charge in [0.05, 0.1) is 5.75 Å². The Balaban J connectivity index is 2.51. The molecular formula is C13H16N2O2S. The molecule has 0 aliphatic rings. The van der Waals surface area contributed by atoms with Crippen LogP contribution >= 0.6 is 0 Å². The van der Waals surface area contributed by atoms with Gasteiger partial charge in [-0.25, -0.2) is 8.42 Å². The van der Waals surface area contributed by atoms with Crippen molar-refractivity contribution in [2.24, 2.45) is 0 Å². The normalized spacial score (nSPS) is 13.7. The minimum Gasteiger partial charge on any atom is -0.312 e. The molecule has 0 aliphatic carbocycles. The van der Waals surface area contributed by atoms with Crippen LogP contribution in [0.25, 0.3) is 10.8 Å². The zero-order valence-electron chi connectivity index (χ0n) is 10.4. The number of aromatic nitrogens is 1. The van der Waals surface area contributed by atoms with E-state index < -0.39 is 9.84 Å². The van der Waals surface area contributed by atoms with Crippen molar-refractivity contribution in [1.82, 2.24) is 10.3 Å². The van der Waals surface area contributed by atoms with E-state index in [0.717, 1.165) is 16.3 Å². The van der Waals surface area contributed by atoms with E-state index in [1.54, 1.807) is 19.4 Å². The molecule has 0 saturated carbocycles. The molecule has 0 saturated heterocycles. The van der Waals surface area contributed by atoms with Crippen LogP contribution in [0.1, 0.15) is 11.6 Å². The van der Waals surface area contributed by atoms with Gasteiger partial charge in [-0.2, -0.15) is 0 Å². The van der Waals surface area contributed by atoms with E-state index in [2.05, 4.69) is 10.3 Å². The third kappa shape index (κ3) is 2.86. The maximum Gasteiger partial charge on any atom is 0.149 e. The fourth-order valence-corrected chi connectivity index (χ4v) is 3.00. The van der Waals surface area contributed by atoms with Crippen molar-refractivity contribution in [3.8, 4) is 0 Å². The SMILES string of the molecule is CNC(CS(C)(=O)=O)c1cncc2ccccc12. The summed E-state index contributed by atoms with van der Waals surface area (Å²) >= 11 is 0. The summed E-state index contributed by atoms with van der Waals surface area (Å²) in [6.07, 6.45) is 4.76. The zero-order chi connectivity index (χ0) is 13.2. The van der Waals surface area contributed by atoms with Gasteiger partial charge < -0.3 is 5.32 Å². The van der Waals surface area contributed by atoms with Gasteiger partial charge in [0.15, 0.2) is 0 Å². The first kappa shape index (κ1) is 13.0. The smallest absolute Gasteiger partial charge is 0.149 e. The minimum absolute atomic E-state index is 0.0686. The molecule has 1 heterocycles. The number of fused-ring (bicyclic) bond motifs is 1. The Kier molecular flexibility index (Phi) is 3.63. The van der Waals surface area contributed by atoms with E-state index in [1.807, 2.05) is 24.3 Å². The topological polar surface area (TPSA) is 59.1 Å². The second kappa shape index (κ2) is 5.04. The monoisotopic (exact) mass is 264 g/mol. The standard InChI is InChI=1S/C13H16N2O2S/c1-14-13(9-18(2,16)17)12-8-15-7-10-5-3-4-6-11(10)12/h3-8,13-14H,9H2,1-2H3. The van der Waals surface area contributed by atoms with Crippen molar-refractivity contribution in [3.05, 3.63) is 42.2 Å². The molecule has 0 amide bonds. The molecule has 0 radical (unpaired) electrons. The lowest BCUT2D eigenvalue weighted by Gasteiger charge is -2.17. The van der Waals surface area contributed by atoms with E-state index in [4.69, 9.17) is 0 Å². The Hall–Kier alpha value is -1.46. The summed E-state index contributed by atoms with van der Waals surface area (Å²) in [6, 6.07) is 7.61. The van der Waals surface area contributed by atoms with Gasteiger partial charge >= 0.3 is 0 Å². The van der Waals surface area contributed by atoms with Crippen LogP contribution in [0.5, 0.6) is 0 Å². The molecule has 1 atom stereocenters. The molecule has 0 spiro atoms. The number of nitrogens with zero attached hydrogens (tertiary/aromatic N) is 1. The number of hydrogen-bond donors (Lipinski definition) is 1. The lowest BCUT2D eigenvalue weighted by molar-refractivity contribution is 0.580. The second-order valence-corrected chi connectivity index (χ2v) is 6.57. The lowest BCUT2D eigenvalue weighted by Crippen LogP contribution is -2.25. The fourth-order valence-electron chi connectivity index (χ4n) is 2.05. The number of benzene rings is 1. The van der Waals surface area contributed by atoms with Crippen molar-refractivity contribution in [2.45, 2.75) is 6.04 Å². The van der Waals surface area contributed by atoms with Gasteiger partial charge in [-0.15, -0.1) is 0 Å². The summed E-state index contributed by atoms with van der Waals surface area (Å²) in [7, 11) is -1.28. The number of hydrogen-bond acceptors (Lipinski definition) is 4. The van der Waals surface area contributed by atoms with Crippen LogP contribution in [-0.2, 0) is 9.84 Å². The zero-order valence-corrected chi connectivity index (χ0v) is 11.2. The highest BCUT2D eigenvalue weighted by atomic mass is 32.2. The quantitative estimate of drug-likeness (QED) is 0.910. The van der Waals surface area contributed by atoms with Crippen LogP contribution in [-0.4, -0.2) is 32.5 Å². The summed E-state index contributed by atoms with van der Waals surface area (Å²) < 4.78 is 22.9. The molecule has 1 unspecified atom stereocenters. The summed E-state index contributed by atoms with van der Waals surface area (Å²) in [6.45, 7) is 0. The highest BCUT2D eigenvalue weighted by Gasteiger charge is 2.17. The largest absolute Gasteiger partial charge is 0.312 e. The summed E-state index contributed by atoms with van der Waals surface area (Å²) in [4.78, 5) is 4.18. The third-order valence-electron chi connectivity index (χ3n) is 2.89.